The van der Waals surface area contributed by atoms with Crippen LogP contribution in [0.15, 0.2) is 38.4 Å². The summed E-state index contributed by atoms with van der Waals surface area (Å²) in [5.41, 5.74) is -0.656. The van der Waals surface area contributed by atoms with Crippen LogP contribution < -0.4 is 11.2 Å². The molecule has 0 saturated heterocycles. The Kier molecular flexibility index (Phi) is 3.44. The zero-order valence-electron chi connectivity index (χ0n) is 12.4. The minimum absolute atomic E-state index is 0.0798. The maximum atomic E-state index is 13.2. The number of ketones is 1. The van der Waals surface area contributed by atoms with E-state index in [1.807, 2.05) is 0 Å². The van der Waals surface area contributed by atoms with Crippen molar-refractivity contribution >= 4 is 16.9 Å². The number of nitrogens with zero attached hydrogens (tertiary/aromatic N) is 3. The SMILES string of the molecule is CC(=O)c1cn(Cc2nc3ccc(F)cc3o2)c(=O)n(C)c1=O. The zero-order valence-corrected chi connectivity index (χ0v) is 12.4. The van der Waals surface area contributed by atoms with Gasteiger partial charge in [0, 0.05) is 19.3 Å². The van der Waals surface area contributed by atoms with Crippen molar-refractivity contribution in [2.24, 2.45) is 7.05 Å². The number of benzene rings is 1. The summed E-state index contributed by atoms with van der Waals surface area (Å²) in [5.74, 6) is -0.738. The molecule has 3 aromatic rings. The van der Waals surface area contributed by atoms with Gasteiger partial charge in [0.15, 0.2) is 11.4 Å². The van der Waals surface area contributed by atoms with Gasteiger partial charge in [-0.05, 0) is 19.1 Å². The fourth-order valence-electron chi connectivity index (χ4n) is 2.24. The van der Waals surface area contributed by atoms with E-state index in [1.54, 1.807) is 0 Å². The lowest BCUT2D eigenvalue weighted by Gasteiger charge is -2.07. The molecule has 8 heteroatoms. The third-order valence-corrected chi connectivity index (χ3v) is 3.43. The maximum Gasteiger partial charge on any atom is 0.331 e. The number of rotatable bonds is 3. The summed E-state index contributed by atoms with van der Waals surface area (Å²) >= 11 is 0. The highest BCUT2D eigenvalue weighted by atomic mass is 19.1. The lowest BCUT2D eigenvalue weighted by Crippen LogP contribution is -2.40. The molecule has 2 aromatic heterocycles. The number of Topliss-reactive ketones (excluding diaryl/α,β-unsaturated/α-hetero) is 1. The van der Waals surface area contributed by atoms with E-state index in [0.717, 1.165) is 9.13 Å². The van der Waals surface area contributed by atoms with Crippen LogP contribution in [0.1, 0.15) is 23.2 Å². The molecular formula is C15H12FN3O4. The van der Waals surface area contributed by atoms with E-state index >= 15 is 0 Å². The normalized spacial score (nSPS) is 11.1. The average molecular weight is 317 g/mol. The van der Waals surface area contributed by atoms with Crippen LogP contribution in [-0.2, 0) is 13.6 Å². The first kappa shape index (κ1) is 14.9. The molecule has 7 nitrogen and oxygen atoms in total. The number of halogens is 1. The second kappa shape index (κ2) is 5.31. The van der Waals surface area contributed by atoms with Gasteiger partial charge in [0.25, 0.3) is 5.56 Å². The van der Waals surface area contributed by atoms with Crippen LogP contribution in [-0.4, -0.2) is 19.9 Å². The van der Waals surface area contributed by atoms with Crippen molar-refractivity contribution < 1.29 is 13.6 Å². The van der Waals surface area contributed by atoms with Gasteiger partial charge in [-0.1, -0.05) is 0 Å². The van der Waals surface area contributed by atoms with Gasteiger partial charge in [0.2, 0.25) is 5.89 Å². The van der Waals surface area contributed by atoms with Crippen molar-refractivity contribution in [1.29, 1.82) is 0 Å². The average Bonchev–Trinajstić information content (AvgIpc) is 2.88. The smallest absolute Gasteiger partial charge is 0.331 e. The molecule has 0 fully saturated rings. The molecule has 0 aliphatic rings. The summed E-state index contributed by atoms with van der Waals surface area (Å²) in [7, 11) is 1.29. The van der Waals surface area contributed by atoms with E-state index in [9.17, 15) is 18.8 Å². The van der Waals surface area contributed by atoms with Crippen LogP contribution >= 0.6 is 0 Å². The van der Waals surface area contributed by atoms with Gasteiger partial charge < -0.3 is 4.42 Å². The third kappa shape index (κ3) is 2.59. The van der Waals surface area contributed by atoms with Gasteiger partial charge in [0.1, 0.15) is 17.9 Å². The largest absolute Gasteiger partial charge is 0.439 e. The quantitative estimate of drug-likeness (QED) is 0.675. The van der Waals surface area contributed by atoms with E-state index < -0.39 is 22.8 Å². The maximum absolute atomic E-state index is 13.2. The molecule has 0 unspecified atom stereocenters. The zero-order chi connectivity index (χ0) is 16.7. The lowest BCUT2D eigenvalue weighted by molar-refractivity contribution is 0.101. The van der Waals surface area contributed by atoms with Crippen LogP contribution in [0.25, 0.3) is 11.1 Å². The minimum Gasteiger partial charge on any atom is -0.439 e. The molecule has 0 spiro atoms. The first-order valence-electron chi connectivity index (χ1n) is 6.73. The number of carbonyl (C=O) groups is 1. The van der Waals surface area contributed by atoms with Crippen LogP contribution in [0, 0.1) is 5.82 Å². The first-order chi connectivity index (χ1) is 10.9. The summed E-state index contributed by atoms with van der Waals surface area (Å²) in [6.45, 7) is 1.16. The highest BCUT2D eigenvalue weighted by molar-refractivity contribution is 5.93. The number of fused-ring (bicyclic) bond motifs is 1. The van der Waals surface area contributed by atoms with Gasteiger partial charge in [-0.3, -0.25) is 18.7 Å². The molecule has 118 valence electrons. The van der Waals surface area contributed by atoms with Crippen molar-refractivity contribution in [3.8, 4) is 0 Å². The monoisotopic (exact) mass is 317 g/mol. The van der Waals surface area contributed by atoms with Crippen LogP contribution in [0.4, 0.5) is 4.39 Å². The molecular weight excluding hydrogens is 305 g/mol. The van der Waals surface area contributed by atoms with Crippen LogP contribution in [0.3, 0.4) is 0 Å². The fraction of sp³-hybridized carbons (Fsp3) is 0.200. The van der Waals surface area contributed by atoms with Crippen molar-refractivity contribution in [1.82, 2.24) is 14.1 Å². The van der Waals surface area contributed by atoms with Crippen LogP contribution in [0.5, 0.6) is 0 Å². The Bertz CT molecular complexity index is 1050. The van der Waals surface area contributed by atoms with Gasteiger partial charge in [0.05, 0.1) is 5.56 Å². The highest BCUT2D eigenvalue weighted by Crippen LogP contribution is 2.17. The van der Waals surface area contributed by atoms with E-state index in [0.29, 0.717) is 5.52 Å². The van der Waals surface area contributed by atoms with Gasteiger partial charge >= 0.3 is 5.69 Å². The third-order valence-electron chi connectivity index (χ3n) is 3.43. The summed E-state index contributed by atoms with van der Waals surface area (Å²) in [5, 5.41) is 0. The second-order valence-corrected chi connectivity index (χ2v) is 5.09. The second-order valence-electron chi connectivity index (χ2n) is 5.09. The Morgan fingerprint density at radius 3 is 2.78 bits per heavy atom. The summed E-state index contributed by atoms with van der Waals surface area (Å²) in [6.07, 6.45) is 1.18. The van der Waals surface area contributed by atoms with Gasteiger partial charge in [-0.15, -0.1) is 0 Å². The Labute approximate surface area is 128 Å². The summed E-state index contributed by atoms with van der Waals surface area (Å²) < 4.78 is 20.6. The topological polar surface area (TPSA) is 87.1 Å². The number of hydrogen-bond donors (Lipinski definition) is 0. The van der Waals surface area contributed by atoms with Crippen molar-refractivity contribution in [3.63, 3.8) is 0 Å². The highest BCUT2D eigenvalue weighted by Gasteiger charge is 2.14. The Hall–Kier alpha value is -3.03. The predicted octanol–water partition coefficient (Wildman–Crippen LogP) is 1.08. The van der Waals surface area contributed by atoms with Crippen molar-refractivity contribution in [2.75, 3.05) is 0 Å². The predicted molar refractivity (Wildman–Crippen MR) is 79.0 cm³/mol. The molecule has 0 saturated carbocycles. The molecule has 1 aromatic carbocycles. The molecule has 0 radical (unpaired) electrons. The molecule has 0 amide bonds. The van der Waals surface area contributed by atoms with Gasteiger partial charge in [-0.25, -0.2) is 14.2 Å². The first-order valence-corrected chi connectivity index (χ1v) is 6.73. The molecule has 0 N–H and O–H groups in total. The lowest BCUT2D eigenvalue weighted by atomic mass is 10.2. The van der Waals surface area contributed by atoms with Gasteiger partial charge in [-0.2, -0.15) is 0 Å². The molecule has 2 heterocycles. The van der Waals surface area contributed by atoms with E-state index in [4.69, 9.17) is 4.42 Å². The molecule has 0 aliphatic carbocycles. The van der Waals surface area contributed by atoms with E-state index in [1.165, 1.54) is 38.4 Å². The Morgan fingerprint density at radius 1 is 1.35 bits per heavy atom. The van der Waals surface area contributed by atoms with Crippen molar-refractivity contribution in [2.45, 2.75) is 13.5 Å². The summed E-state index contributed by atoms with van der Waals surface area (Å²) in [4.78, 5) is 39.6. The Morgan fingerprint density at radius 2 is 2.09 bits per heavy atom. The molecule has 0 bridgehead atoms. The van der Waals surface area contributed by atoms with E-state index in [-0.39, 0.29) is 23.6 Å². The molecule has 23 heavy (non-hydrogen) atoms. The molecule has 3 rings (SSSR count). The Balaban J connectivity index is 2.09. The fourth-order valence-corrected chi connectivity index (χ4v) is 2.24. The minimum atomic E-state index is -0.654. The standard InChI is InChI=1S/C15H12FN3O4/c1-8(20)10-6-19(15(22)18(2)14(10)21)7-13-17-11-4-3-9(16)5-12(11)23-13/h3-6H,7H2,1-2H3. The number of aromatic nitrogens is 3. The van der Waals surface area contributed by atoms with Crippen LogP contribution in [0.2, 0.25) is 0 Å². The molecule has 0 aliphatic heterocycles. The summed E-state index contributed by atoms with van der Waals surface area (Å²) in [6, 6.07) is 3.90. The number of oxazole rings is 1. The molecule has 0 atom stereocenters. The van der Waals surface area contributed by atoms with E-state index in [2.05, 4.69) is 4.98 Å². The number of carbonyl (C=O) groups excluding carboxylic acids is 1. The number of hydrogen-bond acceptors (Lipinski definition) is 5. The van der Waals surface area contributed by atoms with Crippen molar-refractivity contribution in [3.05, 3.63) is 62.5 Å².